The number of amides is 1. The molecule has 0 spiro atoms. The summed E-state index contributed by atoms with van der Waals surface area (Å²) >= 11 is 0. The number of benzene rings is 1. The fourth-order valence-electron chi connectivity index (χ4n) is 1.34. The average Bonchev–Trinajstić information content (AvgIpc) is 2.35. The SMILES string of the molecule is N#Cc1cccc(CNCCOCC(N)=O)c1F. The zero-order valence-corrected chi connectivity index (χ0v) is 9.78. The van der Waals surface area contributed by atoms with Gasteiger partial charge >= 0.3 is 0 Å². The molecule has 5 nitrogen and oxygen atoms in total. The third-order valence-electron chi connectivity index (χ3n) is 2.18. The number of nitrogens with zero attached hydrogens (tertiary/aromatic N) is 1. The van der Waals surface area contributed by atoms with E-state index in [1.807, 2.05) is 0 Å². The van der Waals surface area contributed by atoms with Crippen molar-refractivity contribution in [1.29, 1.82) is 5.26 Å². The monoisotopic (exact) mass is 251 g/mol. The third-order valence-corrected chi connectivity index (χ3v) is 2.18. The molecule has 1 aromatic carbocycles. The number of hydrogen-bond donors (Lipinski definition) is 2. The number of ether oxygens (including phenoxy) is 1. The molecule has 1 rings (SSSR count). The Hall–Kier alpha value is -1.97. The molecule has 0 saturated carbocycles. The molecule has 0 bridgehead atoms. The van der Waals surface area contributed by atoms with Crippen molar-refractivity contribution in [2.24, 2.45) is 5.73 Å². The van der Waals surface area contributed by atoms with Crippen LogP contribution < -0.4 is 11.1 Å². The Morgan fingerprint density at radius 3 is 3.00 bits per heavy atom. The summed E-state index contributed by atoms with van der Waals surface area (Å²) < 4.78 is 18.5. The summed E-state index contributed by atoms with van der Waals surface area (Å²) in [6.07, 6.45) is 0. The highest BCUT2D eigenvalue weighted by Crippen LogP contribution is 2.11. The normalized spacial score (nSPS) is 10.0. The van der Waals surface area contributed by atoms with Crippen LogP contribution in [0, 0.1) is 17.1 Å². The first-order valence-electron chi connectivity index (χ1n) is 5.39. The Bertz CT molecular complexity index is 457. The van der Waals surface area contributed by atoms with Crippen LogP contribution in [-0.2, 0) is 16.1 Å². The number of carbonyl (C=O) groups excluding carboxylic acids is 1. The second-order valence-electron chi connectivity index (χ2n) is 3.59. The minimum atomic E-state index is -0.525. The summed E-state index contributed by atoms with van der Waals surface area (Å²) in [5.74, 6) is -1.03. The second kappa shape index (κ2) is 7.37. The number of nitriles is 1. The van der Waals surface area contributed by atoms with Crippen molar-refractivity contribution in [1.82, 2.24) is 5.32 Å². The lowest BCUT2D eigenvalue weighted by atomic mass is 10.1. The Morgan fingerprint density at radius 2 is 2.33 bits per heavy atom. The van der Waals surface area contributed by atoms with Gasteiger partial charge in [0.15, 0.2) is 0 Å². The number of rotatable bonds is 7. The molecule has 0 aliphatic carbocycles. The molecule has 1 aromatic rings. The summed E-state index contributed by atoms with van der Waals surface area (Å²) in [6, 6.07) is 6.44. The van der Waals surface area contributed by atoms with E-state index in [-0.39, 0.29) is 12.2 Å². The molecule has 0 saturated heterocycles. The Morgan fingerprint density at radius 1 is 1.56 bits per heavy atom. The lowest BCUT2D eigenvalue weighted by Gasteiger charge is -2.06. The van der Waals surface area contributed by atoms with Crippen molar-refractivity contribution < 1.29 is 13.9 Å². The minimum Gasteiger partial charge on any atom is -0.370 e. The largest absolute Gasteiger partial charge is 0.370 e. The predicted molar refractivity (Wildman–Crippen MR) is 62.8 cm³/mol. The number of hydrogen-bond acceptors (Lipinski definition) is 4. The van der Waals surface area contributed by atoms with Crippen LogP contribution in [0.4, 0.5) is 4.39 Å². The molecular formula is C12H14FN3O2. The van der Waals surface area contributed by atoms with Crippen LogP contribution in [0.25, 0.3) is 0 Å². The van der Waals surface area contributed by atoms with E-state index < -0.39 is 11.7 Å². The number of nitrogens with one attached hydrogen (secondary N) is 1. The molecule has 0 fully saturated rings. The highest BCUT2D eigenvalue weighted by Gasteiger charge is 2.06. The van der Waals surface area contributed by atoms with E-state index >= 15 is 0 Å². The first-order valence-corrected chi connectivity index (χ1v) is 5.39. The molecule has 3 N–H and O–H groups in total. The lowest BCUT2D eigenvalue weighted by molar-refractivity contribution is -0.122. The number of halogens is 1. The molecule has 0 aromatic heterocycles. The lowest BCUT2D eigenvalue weighted by Crippen LogP contribution is -2.24. The highest BCUT2D eigenvalue weighted by atomic mass is 19.1. The molecule has 96 valence electrons. The molecule has 0 radical (unpaired) electrons. The average molecular weight is 251 g/mol. The van der Waals surface area contributed by atoms with Gasteiger partial charge in [0.1, 0.15) is 18.5 Å². The van der Waals surface area contributed by atoms with Gasteiger partial charge in [-0.1, -0.05) is 12.1 Å². The Labute approximate surface area is 104 Å². The van der Waals surface area contributed by atoms with Crippen LogP contribution >= 0.6 is 0 Å². The number of carbonyl (C=O) groups is 1. The van der Waals surface area contributed by atoms with Crippen LogP contribution in [0.1, 0.15) is 11.1 Å². The van der Waals surface area contributed by atoms with E-state index in [4.69, 9.17) is 15.7 Å². The molecule has 6 heteroatoms. The standard InChI is InChI=1S/C12H14FN3O2/c13-12-9(6-14)2-1-3-10(12)7-16-4-5-18-8-11(15)17/h1-3,16H,4-5,7-8H2,(H2,15,17). The third kappa shape index (κ3) is 4.49. The van der Waals surface area contributed by atoms with Crippen LogP contribution in [-0.4, -0.2) is 25.7 Å². The van der Waals surface area contributed by atoms with E-state index in [1.54, 1.807) is 18.2 Å². The molecular weight excluding hydrogens is 237 g/mol. The smallest absolute Gasteiger partial charge is 0.243 e. The molecule has 0 aliphatic heterocycles. The molecule has 0 heterocycles. The van der Waals surface area contributed by atoms with Gasteiger partial charge in [-0.15, -0.1) is 0 Å². The molecule has 0 aliphatic rings. The minimum absolute atomic E-state index is 0.0271. The van der Waals surface area contributed by atoms with E-state index in [2.05, 4.69) is 5.32 Å². The van der Waals surface area contributed by atoms with Gasteiger partial charge in [-0.05, 0) is 6.07 Å². The molecule has 1 amide bonds. The summed E-state index contributed by atoms with van der Waals surface area (Å²) in [5.41, 5.74) is 5.33. The van der Waals surface area contributed by atoms with Crippen LogP contribution in [0.15, 0.2) is 18.2 Å². The van der Waals surface area contributed by atoms with Gasteiger partial charge < -0.3 is 15.8 Å². The molecule has 18 heavy (non-hydrogen) atoms. The first kappa shape index (κ1) is 14.1. The fourth-order valence-corrected chi connectivity index (χ4v) is 1.34. The topological polar surface area (TPSA) is 88.1 Å². The van der Waals surface area contributed by atoms with E-state index in [0.29, 0.717) is 25.3 Å². The summed E-state index contributed by atoms with van der Waals surface area (Å²) in [4.78, 5) is 10.4. The highest BCUT2D eigenvalue weighted by molar-refractivity contribution is 5.74. The van der Waals surface area contributed by atoms with E-state index in [1.165, 1.54) is 6.07 Å². The summed E-state index contributed by atoms with van der Waals surface area (Å²) in [5, 5.41) is 11.6. The fraction of sp³-hybridized carbons (Fsp3) is 0.333. The van der Waals surface area contributed by atoms with Gasteiger partial charge in [0.05, 0.1) is 12.2 Å². The second-order valence-corrected chi connectivity index (χ2v) is 3.59. The van der Waals surface area contributed by atoms with Crippen LogP contribution in [0.2, 0.25) is 0 Å². The van der Waals surface area contributed by atoms with E-state index in [9.17, 15) is 9.18 Å². The zero-order valence-electron chi connectivity index (χ0n) is 9.78. The quantitative estimate of drug-likeness (QED) is 0.682. The Kier molecular flexibility index (Phi) is 5.77. The predicted octanol–water partition coefficient (Wildman–Crippen LogP) is 0.289. The van der Waals surface area contributed by atoms with Gasteiger partial charge in [-0.25, -0.2) is 4.39 Å². The van der Waals surface area contributed by atoms with Crippen molar-refractivity contribution in [3.63, 3.8) is 0 Å². The van der Waals surface area contributed by atoms with Gasteiger partial charge in [0.25, 0.3) is 0 Å². The van der Waals surface area contributed by atoms with Crippen molar-refractivity contribution in [3.8, 4) is 6.07 Å². The summed E-state index contributed by atoms with van der Waals surface area (Å²) in [7, 11) is 0. The first-order chi connectivity index (χ1) is 8.65. The van der Waals surface area contributed by atoms with Crippen LogP contribution in [0.3, 0.4) is 0 Å². The van der Waals surface area contributed by atoms with Crippen molar-refractivity contribution >= 4 is 5.91 Å². The molecule has 0 atom stereocenters. The molecule has 0 unspecified atom stereocenters. The van der Waals surface area contributed by atoms with Crippen molar-refractivity contribution in [3.05, 3.63) is 35.1 Å². The number of nitrogens with two attached hydrogens (primary N) is 1. The van der Waals surface area contributed by atoms with Crippen molar-refractivity contribution in [2.45, 2.75) is 6.54 Å². The Balaban J connectivity index is 2.32. The number of primary amides is 1. The van der Waals surface area contributed by atoms with Crippen LogP contribution in [0.5, 0.6) is 0 Å². The summed E-state index contributed by atoms with van der Waals surface area (Å²) in [6.45, 7) is 0.938. The van der Waals surface area contributed by atoms with E-state index in [0.717, 1.165) is 0 Å². The maximum atomic E-state index is 13.6. The maximum Gasteiger partial charge on any atom is 0.243 e. The maximum absolute atomic E-state index is 13.6. The zero-order chi connectivity index (χ0) is 13.4. The van der Waals surface area contributed by atoms with Crippen molar-refractivity contribution in [2.75, 3.05) is 19.8 Å². The van der Waals surface area contributed by atoms with Gasteiger partial charge in [-0.2, -0.15) is 5.26 Å². The van der Waals surface area contributed by atoms with Gasteiger partial charge in [0, 0.05) is 18.7 Å². The van der Waals surface area contributed by atoms with Gasteiger partial charge in [-0.3, -0.25) is 4.79 Å². The van der Waals surface area contributed by atoms with Gasteiger partial charge in [0.2, 0.25) is 5.91 Å².